The van der Waals surface area contributed by atoms with Crippen LogP contribution in [0.25, 0.3) is 0 Å². The van der Waals surface area contributed by atoms with E-state index in [4.69, 9.17) is 40.6 Å². The number of benzene rings is 1. The maximum Gasteiger partial charge on any atom is 0.305 e. The summed E-state index contributed by atoms with van der Waals surface area (Å²) in [7, 11) is 1.43. The molecule has 0 amide bonds. The summed E-state index contributed by atoms with van der Waals surface area (Å²) in [5.74, 6) is 0.0847. The largest absolute Gasteiger partial charge is 0.471 e. The number of methoxy groups -OCH3 is 1. The molecule has 0 aromatic heterocycles. The Hall–Kier alpha value is -2.04. The van der Waals surface area contributed by atoms with E-state index in [0.29, 0.717) is 24.7 Å². The van der Waals surface area contributed by atoms with Gasteiger partial charge in [-0.05, 0) is 87.9 Å². The molecule has 0 spiro atoms. The summed E-state index contributed by atoms with van der Waals surface area (Å²) in [6, 6.07) is 10.3. The molecular weight excluding hydrogens is 554 g/mol. The number of thiocarbonyl (C=S) groups is 1. The number of rotatable bonds is 15. The molecule has 8 nitrogen and oxygen atoms in total. The Morgan fingerprint density at radius 3 is 2.31 bits per heavy atom. The van der Waals surface area contributed by atoms with E-state index in [-0.39, 0.29) is 42.6 Å². The first-order valence-corrected chi connectivity index (χ1v) is 16.2. The summed E-state index contributed by atoms with van der Waals surface area (Å²) >= 11 is 5.57. The average molecular weight is 604 g/mol. The molecule has 1 saturated carbocycles. The van der Waals surface area contributed by atoms with Gasteiger partial charge >= 0.3 is 5.97 Å². The minimum absolute atomic E-state index is 0.0189. The Labute approximate surface area is 256 Å². The number of unbranched alkanes of at least 4 members (excludes halogenated alkanes) is 1. The molecule has 3 aliphatic rings. The molecule has 234 valence electrons. The summed E-state index contributed by atoms with van der Waals surface area (Å²) in [4.78, 5) is 11.5. The number of esters is 1. The lowest BCUT2D eigenvalue weighted by Gasteiger charge is -2.31. The van der Waals surface area contributed by atoms with Crippen LogP contribution >= 0.6 is 12.2 Å². The van der Waals surface area contributed by atoms with E-state index in [1.54, 1.807) is 0 Å². The molecule has 42 heavy (non-hydrogen) atoms. The van der Waals surface area contributed by atoms with Crippen LogP contribution < -0.4 is 5.32 Å². The van der Waals surface area contributed by atoms with Gasteiger partial charge in [-0.3, -0.25) is 4.79 Å². The zero-order valence-corrected chi connectivity index (χ0v) is 25.9. The monoisotopic (exact) mass is 603 g/mol. The number of allylic oxidation sites excluding steroid dienone is 2. The van der Waals surface area contributed by atoms with E-state index in [9.17, 15) is 4.79 Å². The number of hydrogen-bond acceptors (Lipinski definition) is 8. The van der Waals surface area contributed by atoms with Crippen molar-refractivity contribution >= 4 is 23.4 Å². The van der Waals surface area contributed by atoms with Gasteiger partial charge in [-0.15, -0.1) is 0 Å². The predicted octanol–water partition coefficient (Wildman–Crippen LogP) is 5.87. The van der Waals surface area contributed by atoms with Crippen molar-refractivity contribution in [3.8, 4) is 0 Å². The molecule has 4 rings (SSSR count). The molecule has 0 bridgehead atoms. The van der Waals surface area contributed by atoms with Gasteiger partial charge in [0.1, 0.15) is 0 Å². The van der Waals surface area contributed by atoms with Gasteiger partial charge in [0.15, 0.2) is 12.6 Å². The van der Waals surface area contributed by atoms with Gasteiger partial charge < -0.3 is 33.7 Å². The molecule has 0 radical (unpaired) electrons. The maximum atomic E-state index is 11.5. The van der Waals surface area contributed by atoms with Crippen LogP contribution in [-0.2, 0) is 39.6 Å². The minimum atomic E-state index is -0.193. The third kappa shape index (κ3) is 11.2. The summed E-state index contributed by atoms with van der Waals surface area (Å²) in [6.45, 7) is 2.64. The molecule has 2 unspecified atom stereocenters. The van der Waals surface area contributed by atoms with Gasteiger partial charge in [0.2, 0.25) is 0 Å². The molecule has 1 N–H and O–H groups in total. The number of nitrogens with one attached hydrogen (secondary N) is 1. The van der Waals surface area contributed by atoms with E-state index < -0.39 is 0 Å². The van der Waals surface area contributed by atoms with Crippen molar-refractivity contribution in [2.75, 3.05) is 33.5 Å². The molecule has 2 heterocycles. The highest BCUT2D eigenvalue weighted by atomic mass is 32.1. The van der Waals surface area contributed by atoms with Crippen LogP contribution in [0, 0.1) is 11.8 Å². The smallest absolute Gasteiger partial charge is 0.305 e. The molecule has 9 heteroatoms. The Morgan fingerprint density at radius 1 is 0.976 bits per heavy atom. The lowest BCUT2D eigenvalue weighted by atomic mass is 9.90. The Balaban J connectivity index is 1.38. The second-order valence-electron chi connectivity index (χ2n) is 11.4. The highest BCUT2D eigenvalue weighted by Crippen LogP contribution is 2.41. The fraction of sp³-hybridized carbons (Fsp3) is 0.697. The van der Waals surface area contributed by atoms with Crippen molar-refractivity contribution in [1.29, 1.82) is 0 Å². The fourth-order valence-corrected chi connectivity index (χ4v) is 6.21. The summed E-state index contributed by atoms with van der Waals surface area (Å²) in [5.41, 5.74) is 1.26. The van der Waals surface area contributed by atoms with Gasteiger partial charge in [-0.1, -0.05) is 42.5 Å². The minimum Gasteiger partial charge on any atom is -0.471 e. The molecule has 3 fully saturated rings. The van der Waals surface area contributed by atoms with Crippen LogP contribution in [0.1, 0.15) is 76.2 Å². The summed E-state index contributed by atoms with van der Waals surface area (Å²) in [6.07, 6.45) is 14.6. The first-order valence-electron chi connectivity index (χ1n) is 15.8. The molecule has 1 aliphatic carbocycles. The summed E-state index contributed by atoms with van der Waals surface area (Å²) in [5, 5.41) is 3.68. The fourth-order valence-electron chi connectivity index (χ4n) is 6.04. The molecule has 6 atom stereocenters. The molecule has 2 aliphatic heterocycles. The topological polar surface area (TPSA) is 84.5 Å². The van der Waals surface area contributed by atoms with Crippen LogP contribution in [0.15, 0.2) is 42.5 Å². The number of ether oxygens (including phenoxy) is 6. The Morgan fingerprint density at radius 2 is 1.67 bits per heavy atom. The molecule has 2 saturated heterocycles. The van der Waals surface area contributed by atoms with Crippen LogP contribution in [0.4, 0.5) is 0 Å². The Kier molecular flexibility index (Phi) is 14.5. The maximum absolute atomic E-state index is 11.5. The number of carbonyl (C=O) groups excluding carboxylic acids is 1. The van der Waals surface area contributed by atoms with Crippen molar-refractivity contribution in [3.05, 3.63) is 48.0 Å². The molecular formula is C33H49NO7S. The highest BCUT2D eigenvalue weighted by molar-refractivity contribution is 7.80. The standard InChI is InChI=1S/C33H49NO7S/c1-36-30(35)16-8-3-2-7-15-26-27(24-39-33(42)34-20-19-25-13-5-4-6-14-25)29(41-32-18-10-12-22-38-32)23-28(26)40-31-17-9-11-21-37-31/h2,4-7,13-14,26-29,31-32H,3,8-12,15-24H2,1H3,(H,34,42)/b7-2-/t26-,27-,28+,29-,31?,32?/m1/s1. The van der Waals surface area contributed by atoms with Gasteiger partial charge in [-0.25, -0.2) is 0 Å². The van der Waals surface area contributed by atoms with E-state index in [1.807, 2.05) is 18.2 Å². The van der Waals surface area contributed by atoms with Crippen LogP contribution in [0.2, 0.25) is 0 Å². The predicted molar refractivity (Wildman–Crippen MR) is 165 cm³/mol. The van der Waals surface area contributed by atoms with Crippen LogP contribution in [-0.4, -0.2) is 69.4 Å². The quantitative estimate of drug-likeness (QED) is 0.115. The third-order valence-corrected chi connectivity index (χ3v) is 8.65. The number of carbonyl (C=O) groups is 1. The Bertz CT molecular complexity index is 949. The van der Waals surface area contributed by atoms with Gasteiger partial charge in [0, 0.05) is 38.5 Å². The van der Waals surface area contributed by atoms with Crippen molar-refractivity contribution in [2.24, 2.45) is 11.8 Å². The zero-order valence-electron chi connectivity index (χ0n) is 25.1. The second-order valence-corrected chi connectivity index (χ2v) is 11.8. The SMILES string of the molecule is COC(=O)CCC/C=C\C[C@@H]1[C@@H](COC(=S)NCCc2ccccc2)[C@H](OC2CCCCO2)C[C@@H]1OC1CCCCO1. The van der Waals surface area contributed by atoms with Crippen LogP contribution in [0.5, 0.6) is 0 Å². The van der Waals surface area contributed by atoms with Crippen molar-refractivity contribution < 1.29 is 33.2 Å². The third-order valence-electron chi connectivity index (χ3n) is 8.39. The van der Waals surface area contributed by atoms with Gasteiger partial charge in [0.25, 0.3) is 5.17 Å². The van der Waals surface area contributed by atoms with E-state index >= 15 is 0 Å². The normalized spacial score (nSPS) is 28.0. The van der Waals surface area contributed by atoms with Gasteiger partial charge in [-0.2, -0.15) is 0 Å². The highest BCUT2D eigenvalue weighted by Gasteiger charge is 2.46. The molecule has 1 aromatic carbocycles. The number of hydrogen-bond donors (Lipinski definition) is 1. The van der Waals surface area contributed by atoms with Gasteiger partial charge in [0.05, 0.1) is 25.9 Å². The van der Waals surface area contributed by atoms with E-state index in [1.165, 1.54) is 12.7 Å². The first-order chi connectivity index (χ1) is 20.6. The average Bonchev–Trinajstić information content (AvgIpc) is 3.33. The van der Waals surface area contributed by atoms with E-state index in [0.717, 1.165) is 83.8 Å². The van der Waals surface area contributed by atoms with E-state index in [2.05, 4.69) is 29.6 Å². The molecule has 1 aromatic rings. The first kappa shape index (κ1) is 32.9. The van der Waals surface area contributed by atoms with Crippen molar-refractivity contribution in [3.63, 3.8) is 0 Å². The van der Waals surface area contributed by atoms with Crippen molar-refractivity contribution in [2.45, 2.75) is 102 Å². The van der Waals surface area contributed by atoms with Crippen LogP contribution in [0.3, 0.4) is 0 Å². The lowest BCUT2D eigenvalue weighted by Crippen LogP contribution is -2.36. The summed E-state index contributed by atoms with van der Waals surface area (Å²) < 4.78 is 36.1. The van der Waals surface area contributed by atoms with Crippen molar-refractivity contribution in [1.82, 2.24) is 5.32 Å². The second kappa shape index (κ2) is 18.6. The lowest BCUT2D eigenvalue weighted by molar-refractivity contribution is -0.204. The zero-order chi connectivity index (χ0) is 29.4.